The monoisotopic (exact) mass is 245 g/mol. The topological polar surface area (TPSA) is 26.0 Å². The zero-order chi connectivity index (χ0) is 12.8. The zero-order valence-electron chi connectivity index (χ0n) is 11.7. The Hall–Kier alpha value is -0.820. The maximum Gasteiger partial charge on any atom is -0.00772 e. The van der Waals surface area contributed by atoms with E-state index in [1.165, 1.54) is 38.5 Å². The molecule has 1 saturated carbocycles. The minimum atomic E-state index is 0.815. The number of unbranched alkanes of at least 4 members (excludes halogenated alkanes) is 1. The highest BCUT2D eigenvalue weighted by molar-refractivity contribution is 5.31. The Morgan fingerprint density at radius 2 is 1.78 bits per heavy atom. The summed E-state index contributed by atoms with van der Waals surface area (Å²) in [6, 6.07) is 9.08. The third-order valence-corrected chi connectivity index (χ3v) is 4.41. The van der Waals surface area contributed by atoms with Gasteiger partial charge in [-0.3, -0.25) is 0 Å². The van der Waals surface area contributed by atoms with Crippen molar-refractivity contribution in [3.05, 3.63) is 35.4 Å². The minimum Gasteiger partial charge on any atom is -0.330 e. The van der Waals surface area contributed by atoms with Crippen LogP contribution in [0.25, 0.3) is 0 Å². The molecule has 2 rings (SSSR count). The summed E-state index contributed by atoms with van der Waals surface area (Å²) < 4.78 is 0. The van der Waals surface area contributed by atoms with E-state index in [0.29, 0.717) is 0 Å². The van der Waals surface area contributed by atoms with E-state index in [-0.39, 0.29) is 0 Å². The smallest absolute Gasteiger partial charge is 0.00772 e. The van der Waals surface area contributed by atoms with Gasteiger partial charge >= 0.3 is 0 Å². The molecule has 0 heterocycles. The van der Waals surface area contributed by atoms with Gasteiger partial charge in [0.15, 0.2) is 0 Å². The molecule has 1 aliphatic rings. The van der Waals surface area contributed by atoms with Crippen LogP contribution >= 0.6 is 0 Å². The van der Waals surface area contributed by atoms with Crippen LogP contribution in [0.15, 0.2) is 24.3 Å². The molecule has 1 nitrogen and oxygen atoms in total. The van der Waals surface area contributed by atoms with Crippen LogP contribution in [0.2, 0.25) is 0 Å². The van der Waals surface area contributed by atoms with E-state index in [2.05, 4.69) is 31.2 Å². The van der Waals surface area contributed by atoms with E-state index in [1.54, 1.807) is 11.1 Å². The van der Waals surface area contributed by atoms with Gasteiger partial charge in [-0.25, -0.2) is 0 Å². The van der Waals surface area contributed by atoms with Crippen LogP contribution in [0.5, 0.6) is 0 Å². The Labute approximate surface area is 112 Å². The van der Waals surface area contributed by atoms with Crippen LogP contribution in [-0.4, -0.2) is 6.54 Å². The van der Waals surface area contributed by atoms with Crippen molar-refractivity contribution < 1.29 is 0 Å². The Morgan fingerprint density at radius 3 is 2.50 bits per heavy atom. The van der Waals surface area contributed by atoms with Gasteiger partial charge in [-0.15, -0.1) is 0 Å². The summed E-state index contributed by atoms with van der Waals surface area (Å²) in [6.45, 7) is 3.21. The molecule has 0 aromatic heterocycles. The van der Waals surface area contributed by atoms with Gasteiger partial charge in [0.25, 0.3) is 0 Å². The van der Waals surface area contributed by atoms with E-state index in [0.717, 1.165) is 24.8 Å². The largest absolute Gasteiger partial charge is 0.330 e. The average molecular weight is 245 g/mol. The van der Waals surface area contributed by atoms with Crippen molar-refractivity contribution in [2.24, 2.45) is 11.7 Å². The number of nitrogens with two attached hydrogens (primary N) is 1. The lowest BCUT2D eigenvalue weighted by molar-refractivity contribution is 0.347. The Morgan fingerprint density at radius 1 is 1.06 bits per heavy atom. The molecule has 2 N–H and O–H groups in total. The molecule has 1 heteroatoms. The third kappa shape index (κ3) is 3.58. The SMILES string of the molecule is CC1CCC(c2ccccc2CCCCN)CC1. The molecular weight excluding hydrogens is 218 g/mol. The highest BCUT2D eigenvalue weighted by Crippen LogP contribution is 2.37. The maximum atomic E-state index is 5.59. The molecular formula is C17H27N. The molecule has 0 atom stereocenters. The summed E-state index contributed by atoms with van der Waals surface area (Å²) in [7, 11) is 0. The van der Waals surface area contributed by atoms with Crippen LogP contribution in [0.4, 0.5) is 0 Å². The summed E-state index contributed by atoms with van der Waals surface area (Å²) in [5.74, 6) is 1.75. The standard InChI is InChI=1S/C17H27N/c1-14-9-11-16(12-10-14)17-8-3-2-6-15(17)7-4-5-13-18/h2-3,6,8,14,16H,4-5,7,9-13,18H2,1H3. The second kappa shape index (κ2) is 6.94. The first kappa shape index (κ1) is 13.6. The maximum absolute atomic E-state index is 5.59. The van der Waals surface area contributed by atoms with Crippen LogP contribution in [-0.2, 0) is 6.42 Å². The van der Waals surface area contributed by atoms with Crippen molar-refractivity contribution in [3.63, 3.8) is 0 Å². The number of hydrogen-bond acceptors (Lipinski definition) is 1. The quantitative estimate of drug-likeness (QED) is 0.771. The molecule has 0 spiro atoms. The van der Waals surface area contributed by atoms with Crippen LogP contribution < -0.4 is 5.73 Å². The van der Waals surface area contributed by atoms with Gasteiger partial charge in [-0.1, -0.05) is 44.0 Å². The Balaban J connectivity index is 2.02. The lowest BCUT2D eigenvalue weighted by Gasteiger charge is -2.28. The van der Waals surface area contributed by atoms with Gasteiger partial charge in [0.05, 0.1) is 0 Å². The highest BCUT2D eigenvalue weighted by Gasteiger charge is 2.21. The Kier molecular flexibility index (Phi) is 5.25. The van der Waals surface area contributed by atoms with Crippen molar-refractivity contribution in [1.29, 1.82) is 0 Å². The van der Waals surface area contributed by atoms with Crippen molar-refractivity contribution in [3.8, 4) is 0 Å². The fourth-order valence-corrected chi connectivity index (χ4v) is 3.19. The van der Waals surface area contributed by atoms with Gasteiger partial charge in [0.1, 0.15) is 0 Å². The molecule has 0 bridgehead atoms. The number of hydrogen-bond donors (Lipinski definition) is 1. The number of aryl methyl sites for hydroxylation is 1. The van der Waals surface area contributed by atoms with E-state index < -0.39 is 0 Å². The first-order valence-corrected chi connectivity index (χ1v) is 7.59. The van der Waals surface area contributed by atoms with E-state index in [9.17, 15) is 0 Å². The molecule has 0 saturated heterocycles. The summed E-state index contributed by atoms with van der Waals surface area (Å²) >= 11 is 0. The van der Waals surface area contributed by atoms with Gasteiger partial charge in [0.2, 0.25) is 0 Å². The minimum absolute atomic E-state index is 0.815. The molecule has 0 amide bonds. The second-order valence-electron chi connectivity index (χ2n) is 5.90. The normalized spacial score (nSPS) is 24.1. The second-order valence-corrected chi connectivity index (χ2v) is 5.90. The van der Waals surface area contributed by atoms with Crippen molar-refractivity contribution in [1.82, 2.24) is 0 Å². The number of benzene rings is 1. The molecule has 0 aliphatic heterocycles. The van der Waals surface area contributed by atoms with Gasteiger partial charge < -0.3 is 5.73 Å². The van der Waals surface area contributed by atoms with Crippen LogP contribution in [0.3, 0.4) is 0 Å². The lowest BCUT2D eigenvalue weighted by atomic mass is 9.77. The average Bonchev–Trinajstić information content (AvgIpc) is 2.41. The molecule has 1 aliphatic carbocycles. The third-order valence-electron chi connectivity index (χ3n) is 4.41. The van der Waals surface area contributed by atoms with Crippen LogP contribution in [0.1, 0.15) is 62.5 Å². The molecule has 18 heavy (non-hydrogen) atoms. The summed E-state index contributed by atoms with van der Waals surface area (Å²) in [6.07, 6.45) is 9.17. The fraction of sp³-hybridized carbons (Fsp3) is 0.647. The van der Waals surface area contributed by atoms with Crippen molar-refractivity contribution in [2.75, 3.05) is 6.54 Å². The van der Waals surface area contributed by atoms with E-state index in [1.807, 2.05) is 0 Å². The molecule has 1 aromatic rings. The van der Waals surface area contributed by atoms with Crippen LogP contribution in [0, 0.1) is 5.92 Å². The molecule has 1 aromatic carbocycles. The Bertz CT molecular complexity index is 350. The first-order chi connectivity index (χ1) is 8.81. The van der Waals surface area contributed by atoms with Gasteiger partial charge in [-0.05, 0) is 61.6 Å². The predicted molar refractivity (Wildman–Crippen MR) is 78.8 cm³/mol. The highest BCUT2D eigenvalue weighted by atomic mass is 14.5. The van der Waals surface area contributed by atoms with Crippen molar-refractivity contribution in [2.45, 2.75) is 57.8 Å². The summed E-state index contributed by atoms with van der Waals surface area (Å²) in [5.41, 5.74) is 8.79. The summed E-state index contributed by atoms with van der Waals surface area (Å²) in [4.78, 5) is 0. The fourth-order valence-electron chi connectivity index (χ4n) is 3.19. The zero-order valence-corrected chi connectivity index (χ0v) is 11.7. The van der Waals surface area contributed by atoms with Crippen molar-refractivity contribution >= 4 is 0 Å². The van der Waals surface area contributed by atoms with E-state index in [4.69, 9.17) is 5.73 Å². The number of rotatable bonds is 5. The van der Waals surface area contributed by atoms with E-state index >= 15 is 0 Å². The lowest BCUT2D eigenvalue weighted by Crippen LogP contribution is -2.12. The molecule has 1 fully saturated rings. The summed E-state index contributed by atoms with van der Waals surface area (Å²) in [5, 5.41) is 0. The predicted octanol–water partition coefficient (Wildman–Crippen LogP) is 4.26. The first-order valence-electron chi connectivity index (χ1n) is 7.59. The van der Waals surface area contributed by atoms with Gasteiger partial charge in [0, 0.05) is 0 Å². The molecule has 0 unspecified atom stereocenters. The molecule has 100 valence electrons. The van der Waals surface area contributed by atoms with Gasteiger partial charge in [-0.2, -0.15) is 0 Å². The molecule has 0 radical (unpaired) electrons.